The lowest BCUT2D eigenvalue weighted by Crippen LogP contribution is -2.40. The average Bonchev–Trinajstić information content (AvgIpc) is 2.46. The molecule has 1 aromatic rings. The molecule has 2 rings (SSSR count). The minimum Gasteiger partial charge on any atom is -0.393 e. The fourth-order valence-electron chi connectivity index (χ4n) is 2.01. The number of carbonyl (C=O) groups is 1. The van der Waals surface area contributed by atoms with Crippen LogP contribution in [0.3, 0.4) is 0 Å². The van der Waals surface area contributed by atoms with E-state index in [1.165, 1.54) is 6.20 Å². The van der Waals surface area contributed by atoms with Crippen molar-refractivity contribution in [1.82, 2.24) is 14.9 Å². The number of rotatable bonds is 4. The summed E-state index contributed by atoms with van der Waals surface area (Å²) in [6.07, 6.45) is 5.09. The number of hydrogen-bond donors (Lipinski definition) is 2. The number of aliphatic hydroxyl groups is 1. The van der Waals surface area contributed by atoms with Crippen LogP contribution in [0.1, 0.15) is 36.7 Å². The molecule has 19 heavy (non-hydrogen) atoms. The predicted octanol–water partition coefficient (Wildman–Crippen LogP) is 0.895. The molecule has 1 saturated heterocycles. The quantitative estimate of drug-likeness (QED) is 0.844. The minimum atomic E-state index is -0.282. The molecule has 1 fully saturated rings. The van der Waals surface area contributed by atoms with Crippen LogP contribution in [-0.4, -0.2) is 51.6 Å². The zero-order valence-corrected chi connectivity index (χ0v) is 11.2. The standard InChI is InChI=1S/C13H20N4O2/c1-2-5-14-12-9-15-11(8-16-12)13(19)17-6-3-10(18)4-7-17/h8-10,18H,2-7H2,1H3,(H,14,16). The maximum absolute atomic E-state index is 12.2. The second kappa shape index (κ2) is 6.47. The second-order valence-corrected chi connectivity index (χ2v) is 4.74. The van der Waals surface area contributed by atoms with E-state index in [-0.39, 0.29) is 12.0 Å². The van der Waals surface area contributed by atoms with Gasteiger partial charge in [0.1, 0.15) is 11.5 Å². The summed E-state index contributed by atoms with van der Waals surface area (Å²) in [4.78, 5) is 22.2. The van der Waals surface area contributed by atoms with Gasteiger partial charge in [0.15, 0.2) is 0 Å². The smallest absolute Gasteiger partial charge is 0.274 e. The number of likely N-dealkylation sites (tertiary alicyclic amines) is 1. The summed E-state index contributed by atoms with van der Waals surface area (Å²) in [7, 11) is 0. The van der Waals surface area contributed by atoms with Gasteiger partial charge < -0.3 is 15.3 Å². The third kappa shape index (κ3) is 3.64. The second-order valence-electron chi connectivity index (χ2n) is 4.74. The fraction of sp³-hybridized carbons (Fsp3) is 0.615. The molecule has 104 valence electrons. The first-order chi connectivity index (χ1) is 9.20. The van der Waals surface area contributed by atoms with Crippen LogP contribution in [0.2, 0.25) is 0 Å². The Morgan fingerprint density at radius 1 is 1.42 bits per heavy atom. The zero-order valence-electron chi connectivity index (χ0n) is 11.2. The fourth-order valence-corrected chi connectivity index (χ4v) is 2.01. The van der Waals surface area contributed by atoms with E-state index in [0.29, 0.717) is 37.4 Å². The van der Waals surface area contributed by atoms with Crippen molar-refractivity contribution in [3.05, 3.63) is 18.1 Å². The molecule has 0 radical (unpaired) electrons. The normalized spacial score (nSPS) is 16.4. The third-order valence-corrected chi connectivity index (χ3v) is 3.18. The highest BCUT2D eigenvalue weighted by Gasteiger charge is 2.23. The van der Waals surface area contributed by atoms with Gasteiger partial charge in [0.05, 0.1) is 18.5 Å². The Hall–Kier alpha value is -1.69. The molecule has 6 nitrogen and oxygen atoms in total. The van der Waals surface area contributed by atoms with Crippen molar-refractivity contribution in [3.63, 3.8) is 0 Å². The molecule has 6 heteroatoms. The number of nitrogens with one attached hydrogen (secondary N) is 1. The van der Waals surface area contributed by atoms with Crippen molar-refractivity contribution in [2.24, 2.45) is 0 Å². The van der Waals surface area contributed by atoms with Crippen molar-refractivity contribution in [2.45, 2.75) is 32.3 Å². The predicted molar refractivity (Wildman–Crippen MR) is 72.0 cm³/mol. The Morgan fingerprint density at radius 2 is 2.16 bits per heavy atom. The molecule has 2 N–H and O–H groups in total. The molecular formula is C13H20N4O2. The van der Waals surface area contributed by atoms with E-state index in [2.05, 4.69) is 22.2 Å². The maximum Gasteiger partial charge on any atom is 0.274 e. The number of amides is 1. The minimum absolute atomic E-state index is 0.110. The first-order valence-corrected chi connectivity index (χ1v) is 6.74. The summed E-state index contributed by atoms with van der Waals surface area (Å²) >= 11 is 0. The highest BCUT2D eigenvalue weighted by Crippen LogP contribution is 2.13. The SMILES string of the molecule is CCCNc1cnc(C(=O)N2CCC(O)CC2)cn1. The first-order valence-electron chi connectivity index (χ1n) is 6.74. The molecule has 1 aliphatic rings. The Bertz CT molecular complexity index is 413. The van der Waals surface area contributed by atoms with E-state index < -0.39 is 0 Å². The van der Waals surface area contributed by atoms with Gasteiger partial charge in [-0.25, -0.2) is 9.97 Å². The van der Waals surface area contributed by atoms with Gasteiger partial charge in [0.25, 0.3) is 5.91 Å². The molecule has 0 bridgehead atoms. The van der Waals surface area contributed by atoms with Gasteiger partial charge in [-0.3, -0.25) is 4.79 Å². The Kier molecular flexibility index (Phi) is 4.68. The lowest BCUT2D eigenvalue weighted by molar-refractivity contribution is 0.0541. The zero-order chi connectivity index (χ0) is 13.7. The number of hydrogen-bond acceptors (Lipinski definition) is 5. The van der Waals surface area contributed by atoms with E-state index in [9.17, 15) is 9.90 Å². The van der Waals surface area contributed by atoms with Crippen LogP contribution in [0, 0.1) is 0 Å². The van der Waals surface area contributed by atoms with Crippen LogP contribution in [0.5, 0.6) is 0 Å². The molecular weight excluding hydrogens is 244 g/mol. The maximum atomic E-state index is 12.2. The van der Waals surface area contributed by atoms with Crippen LogP contribution < -0.4 is 5.32 Å². The first kappa shape index (κ1) is 13.7. The Labute approximate surface area is 112 Å². The van der Waals surface area contributed by atoms with Crippen LogP contribution in [-0.2, 0) is 0 Å². The van der Waals surface area contributed by atoms with Crippen molar-refractivity contribution in [3.8, 4) is 0 Å². The van der Waals surface area contributed by atoms with Gasteiger partial charge in [-0.1, -0.05) is 6.92 Å². The molecule has 0 aliphatic carbocycles. The molecule has 1 aliphatic heterocycles. The van der Waals surface area contributed by atoms with E-state index >= 15 is 0 Å². The molecule has 2 heterocycles. The number of anilines is 1. The van der Waals surface area contributed by atoms with Gasteiger partial charge in [0.2, 0.25) is 0 Å². The topological polar surface area (TPSA) is 78.4 Å². The summed E-state index contributed by atoms with van der Waals surface area (Å²) in [6.45, 7) is 4.07. The molecule has 0 atom stereocenters. The van der Waals surface area contributed by atoms with Crippen LogP contribution in [0.4, 0.5) is 5.82 Å². The van der Waals surface area contributed by atoms with Crippen molar-refractivity contribution < 1.29 is 9.90 Å². The van der Waals surface area contributed by atoms with Crippen molar-refractivity contribution in [2.75, 3.05) is 25.0 Å². The van der Waals surface area contributed by atoms with Crippen LogP contribution in [0.15, 0.2) is 12.4 Å². The average molecular weight is 264 g/mol. The number of aromatic nitrogens is 2. The molecule has 0 unspecified atom stereocenters. The van der Waals surface area contributed by atoms with Crippen molar-refractivity contribution >= 4 is 11.7 Å². The Balaban J connectivity index is 1.95. The van der Waals surface area contributed by atoms with Gasteiger partial charge in [0, 0.05) is 19.6 Å². The Morgan fingerprint density at radius 3 is 2.74 bits per heavy atom. The lowest BCUT2D eigenvalue weighted by atomic mass is 10.1. The molecule has 0 aromatic carbocycles. The number of carbonyl (C=O) groups excluding carboxylic acids is 1. The summed E-state index contributed by atoms with van der Waals surface area (Å²) in [5.74, 6) is 0.578. The van der Waals surface area contributed by atoms with Gasteiger partial charge in [-0.15, -0.1) is 0 Å². The highest BCUT2D eigenvalue weighted by molar-refractivity contribution is 5.92. The van der Waals surface area contributed by atoms with E-state index in [1.54, 1.807) is 11.1 Å². The third-order valence-electron chi connectivity index (χ3n) is 3.18. The van der Waals surface area contributed by atoms with Crippen molar-refractivity contribution in [1.29, 1.82) is 0 Å². The van der Waals surface area contributed by atoms with Crippen LogP contribution in [0.25, 0.3) is 0 Å². The monoisotopic (exact) mass is 264 g/mol. The summed E-state index contributed by atoms with van der Waals surface area (Å²) in [5.41, 5.74) is 0.360. The van der Waals surface area contributed by atoms with E-state index in [4.69, 9.17) is 0 Å². The molecule has 0 saturated carbocycles. The van der Waals surface area contributed by atoms with E-state index in [0.717, 1.165) is 13.0 Å². The highest BCUT2D eigenvalue weighted by atomic mass is 16.3. The van der Waals surface area contributed by atoms with Crippen LogP contribution >= 0.6 is 0 Å². The number of nitrogens with zero attached hydrogens (tertiary/aromatic N) is 3. The molecule has 0 spiro atoms. The van der Waals surface area contributed by atoms with Gasteiger partial charge in [-0.2, -0.15) is 0 Å². The summed E-state index contributed by atoms with van der Waals surface area (Å²) in [5, 5.41) is 12.5. The summed E-state index contributed by atoms with van der Waals surface area (Å²) < 4.78 is 0. The molecule has 1 aromatic heterocycles. The lowest BCUT2D eigenvalue weighted by Gasteiger charge is -2.29. The largest absolute Gasteiger partial charge is 0.393 e. The number of piperidine rings is 1. The summed E-state index contributed by atoms with van der Waals surface area (Å²) in [6, 6.07) is 0. The van der Waals surface area contributed by atoms with Gasteiger partial charge >= 0.3 is 0 Å². The van der Waals surface area contributed by atoms with Gasteiger partial charge in [-0.05, 0) is 19.3 Å². The van der Waals surface area contributed by atoms with E-state index in [1.807, 2.05) is 0 Å². The molecule has 1 amide bonds. The number of aliphatic hydroxyl groups excluding tert-OH is 1.